The Balaban J connectivity index is 0.000000201. The van der Waals surface area contributed by atoms with Crippen LogP contribution in [0.4, 0.5) is 35.1 Å². The number of hydrogen-bond acceptors (Lipinski definition) is 18. The van der Waals surface area contributed by atoms with E-state index in [-0.39, 0.29) is 50.4 Å². The van der Waals surface area contributed by atoms with Crippen molar-refractivity contribution in [2.45, 2.75) is 269 Å². The van der Waals surface area contributed by atoms with Crippen LogP contribution in [-0.2, 0) is 125 Å². The van der Waals surface area contributed by atoms with Crippen molar-refractivity contribution in [3.05, 3.63) is 252 Å². The summed E-state index contributed by atoms with van der Waals surface area (Å²) in [5.41, 5.74) is 5.35. The van der Waals surface area contributed by atoms with Crippen molar-refractivity contribution in [1.29, 1.82) is 0 Å². The smallest absolute Gasteiger partial charge is 0.369 e. The maximum absolute atomic E-state index is 14.2. The topological polar surface area (TPSA) is 255 Å². The Kier molecular flexibility index (Phi) is 31.1. The summed E-state index contributed by atoms with van der Waals surface area (Å²) in [5, 5.41) is -13.8. The van der Waals surface area contributed by atoms with E-state index in [9.17, 15) is 74.0 Å². The average molecular weight is 1910 g/mol. The molecule has 0 radical (unpaired) electrons. The molecule has 18 nitrogen and oxygen atoms in total. The molecule has 0 N–H and O–H groups in total. The van der Waals surface area contributed by atoms with Gasteiger partial charge in [0.05, 0.1) is 58.6 Å². The number of hydrogen-bond donors (Lipinski definition) is 0. The Bertz CT molecular complexity index is 5440. The van der Waals surface area contributed by atoms with Crippen LogP contribution >= 0.6 is 0 Å². The summed E-state index contributed by atoms with van der Waals surface area (Å²) >= 11 is 0. The predicted molar refractivity (Wildman–Crippen MR) is 479 cm³/mol. The summed E-state index contributed by atoms with van der Waals surface area (Å²) in [6, 6.07) is 67.1. The summed E-state index contributed by atoms with van der Waals surface area (Å²) in [6.45, 7) is 40.0. The average Bonchev–Trinajstić information content (AvgIpc) is 0.756. The molecule has 702 valence electrons. The number of rotatable bonds is 25. The molecule has 0 aromatic heterocycles. The molecule has 3 aliphatic rings. The van der Waals surface area contributed by atoms with Gasteiger partial charge in [-0.25, -0.2) is 34.0 Å². The van der Waals surface area contributed by atoms with E-state index in [1.165, 1.54) is 35.4 Å². The molecule has 9 aromatic carbocycles. The van der Waals surface area contributed by atoms with Crippen molar-refractivity contribution in [3.8, 4) is 17.2 Å². The minimum Gasteiger partial charge on any atom is -0.743 e. The first kappa shape index (κ1) is 103. The second kappa shape index (κ2) is 38.8. The molecular formula is C97H114F8O18S6. The predicted octanol–water partition coefficient (Wildman–Crippen LogP) is 22.3. The van der Waals surface area contributed by atoms with Gasteiger partial charge in [-0.05, 0) is 226 Å². The highest BCUT2D eigenvalue weighted by Crippen LogP contribution is 2.48. The van der Waals surface area contributed by atoms with Crippen molar-refractivity contribution < 1.29 is 117 Å². The van der Waals surface area contributed by atoms with E-state index in [0.717, 1.165) is 76.6 Å². The molecule has 8 unspecified atom stereocenters. The first-order valence-corrected chi connectivity index (χ1v) is 49.6. The molecule has 12 rings (SSSR count). The molecule has 8 atom stereocenters. The molecule has 3 heterocycles. The summed E-state index contributed by atoms with van der Waals surface area (Å²) in [6.07, 6.45) is -6.59. The Hall–Kier alpha value is -7.64. The second-order valence-corrected chi connectivity index (χ2v) is 48.1. The quantitative estimate of drug-likeness (QED) is 0.0293. The highest BCUT2D eigenvalue weighted by molar-refractivity contribution is 7.97. The van der Waals surface area contributed by atoms with Crippen LogP contribution in [0.2, 0.25) is 0 Å². The van der Waals surface area contributed by atoms with Crippen LogP contribution in [0, 0.1) is 16.7 Å². The molecule has 3 fully saturated rings. The molecular weight excluding hydrogens is 1800 g/mol. The fourth-order valence-electron chi connectivity index (χ4n) is 14.3. The van der Waals surface area contributed by atoms with Gasteiger partial charge in [-0.3, -0.25) is 0 Å². The largest absolute Gasteiger partial charge is 0.743 e. The molecule has 3 saturated heterocycles. The van der Waals surface area contributed by atoms with Gasteiger partial charge in [-0.2, -0.15) is 26.3 Å². The van der Waals surface area contributed by atoms with E-state index >= 15 is 0 Å². The summed E-state index contributed by atoms with van der Waals surface area (Å²) in [7, 11) is -19.9. The third-order valence-electron chi connectivity index (χ3n) is 22.2. The lowest BCUT2D eigenvalue weighted by Gasteiger charge is -2.49. The van der Waals surface area contributed by atoms with Gasteiger partial charge in [-0.1, -0.05) is 158 Å². The normalized spacial score (nSPS) is 19.9. The number of benzene rings is 9. The van der Waals surface area contributed by atoms with Gasteiger partial charge in [0.1, 0.15) is 30.5 Å². The maximum Gasteiger partial charge on any atom is 0.369 e. The van der Waals surface area contributed by atoms with E-state index in [1.807, 2.05) is 111 Å². The van der Waals surface area contributed by atoms with Crippen molar-refractivity contribution in [1.82, 2.24) is 0 Å². The van der Waals surface area contributed by atoms with Crippen LogP contribution in [0.3, 0.4) is 0 Å². The van der Waals surface area contributed by atoms with Gasteiger partial charge in [-0.15, -0.1) is 0 Å². The Labute approximate surface area is 762 Å². The highest BCUT2D eigenvalue weighted by atomic mass is 32.2. The summed E-state index contributed by atoms with van der Waals surface area (Å²) in [4.78, 5) is 7.80. The minimum atomic E-state index is -5.94. The third kappa shape index (κ3) is 24.7. The number of alkyl halides is 8. The van der Waals surface area contributed by atoms with Crippen LogP contribution in [0.5, 0.6) is 17.2 Å². The molecule has 0 bridgehead atoms. The van der Waals surface area contributed by atoms with E-state index in [1.54, 1.807) is 55.5 Å². The zero-order chi connectivity index (χ0) is 95.9. The van der Waals surface area contributed by atoms with Crippen molar-refractivity contribution in [2.24, 2.45) is 16.7 Å². The van der Waals surface area contributed by atoms with Crippen LogP contribution in [-0.4, -0.2) is 118 Å². The fourth-order valence-corrected chi connectivity index (χ4v) is 21.9. The van der Waals surface area contributed by atoms with Crippen LogP contribution in [0.15, 0.2) is 262 Å². The van der Waals surface area contributed by atoms with Gasteiger partial charge >= 0.3 is 15.8 Å². The molecule has 0 spiro atoms. The molecule has 0 amide bonds. The van der Waals surface area contributed by atoms with Gasteiger partial charge in [0.25, 0.3) is 5.92 Å². The summed E-state index contributed by atoms with van der Waals surface area (Å²) < 4.78 is 264. The lowest BCUT2D eigenvalue weighted by Crippen LogP contribution is -2.52. The maximum atomic E-state index is 14.2. The van der Waals surface area contributed by atoms with E-state index in [4.69, 9.17) is 42.6 Å². The Morgan fingerprint density at radius 3 is 0.814 bits per heavy atom. The monoisotopic (exact) mass is 1910 g/mol. The highest BCUT2D eigenvalue weighted by Gasteiger charge is 2.52. The van der Waals surface area contributed by atoms with E-state index in [0.29, 0.717) is 36.2 Å². The standard InChI is InChI=1S/C35H44F2O6S2.C32H38F2O6S2.C30H32F4O6S2/c1-23(2)31-33(7,8)22-41-34(9,43-31)26-15-19-29(20-16-26)44(28-17-13-25(14-18-28)32(4,5)6)30-12-10-11-27(21-30)42-24(3)35(36,37)45(38,39)40;1-22(32(33,34)42(35,36)37)40-25-9-8-10-28(19-25)41(26-15-11-23(12-16-26)29(2,3)4)27-17-13-24(14-18-27)31(7)38-20-30(5,6)21-39-31;1-20(30(33,34)42(35,36)37)40-23-7-6-8-26(17-23)41(24-13-9-21(10-14-24)27(2,3)4)25-15-11-22(12-16-25)28(5)38-18-29(31,32)19-39-28/h10-21,23-24,31H,22H2,1-9H3;8-19,22H,20-21H2,1-7H3;6-17,20H,18-19H2,1-5H3. The number of halogens is 8. The lowest BCUT2D eigenvalue weighted by atomic mass is 9.80. The van der Waals surface area contributed by atoms with Gasteiger partial charge < -0.3 is 56.3 Å². The van der Waals surface area contributed by atoms with Crippen LogP contribution in [0.1, 0.15) is 179 Å². The van der Waals surface area contributed by atoms with Gasteiger partial charge in [0, 0.05) is 45.7 Å². The van der Waals surface area contributed by atoms with Gasteiger partial charge in [0.2, 0.25) is 0 Å². The molecule has 32 heteroatoms. The molecule has 0 aliphatic carbocycles. The second-order valence-electron chi connectivity index (χ2n) is 37.6. The first-order chi connectivity index (χ1) is 59.3. The van der Waals surface area contributed by atoms with E-state index < -0.39 is 134 Å². The van der Waals surface area contributed by atoms with Crippen molar-refractivity contribution in [2.75, 3.05) is 33.0 Å². The fraction of sp³-hybridized carbons (Fsp3) is 0.443. The first-order valence-electron chi connectivity index (χ1n) is 41.7. The Morgan fingerprint density at radius 2 is 0.574 bits per heavy atom. The zero-order valence-corrected chi connectivity index (χ0v) is 80.9. The van der Waals surface area contributed by atoms with Crippen molar-refractivity contribution in [3.63, 3.8) is 0 Å². The van der Waals surface area contributed by atoms with Crippen LogP contribution in [0.25, 0.3) is 0 Å². The zero-order valence-electron chi connectivity index (χ0n) is 76.0. The van der Waals surface area contributed by atoms with Gasteiger partial charge in [0.15, 0.2) is 110 Å². The van der Waals surface area contributed by atoms with Crippen LogP contribution < -0.4 is 14.2 Å². The number of ether oxygens (including phenoxy) is 9. The molecule has 0 saturated carbocycles. The van der Waals surface area contributed by atoms with E-state index in [2.05, 4.69) is 152 Å². The third-order valence-corrected chi connectivity index (χ3v) is 31.9. The molecule has 3 aliphatic heterocycles. The summed E-state index contributed by atoms with van der Waals surface area (Å²) in [5.74, 6) is -5.91. The minimum absolute atomic E-state index is 0.000918. The molecule has 9 aromatic rings. The molecule has 129 heavy (non-hydrogen) atoms. The lowest BCUT2D eigenvalue weighted by molar-refractivity contribution is -0.337. The Morgan fingerprint density at radius 1 is 0.341 bits per heavy atom. The van der Waals surface area contributed by atoms with Crippen molar-refractivity contribution >= 4 is 63.0 Å². The SMILES string of the molecule is CC(C)C1OC(C)(c2ccc([S+](c3ccc(C(C)(C)C)cc3)c3cccc(OC(C)C(F)(F)S(=O)(=O)[O-])c3)cc2)OCC1(C)C.CC(Oc1cccc([S+](c2ccc(C(C)(C)C)cc2)c2ccc(C3(C)OCC(C)(C)CO3)cc2)c1)C(F)(F)S(=O)(=O)[O-].CC(Oc1cccc([S+](c2ccc(C(C)(C)C)cc2)c2ccc(C3(C)OCC(F)(F)CO3)cc2)c1)C(F)(F)S(=O)(=O)[O-].